The van der Waals surface area contributed by atoms with E-state index in [1.54, 1.807) is 24.3 Å². The second kappa shape index (κ2) is 26.3. The molecule has 7 nitrogen and oxygen atoms in total. The van der Waals surface area contributed by atoms with Gasteiger partial charge in [-0.2, -0.15) is 0 Å². The predicted octanol–water partition coefficient (Wildman–Crippen LogP) is 13.0. The third-order valence-corrected chi connectivity index (χ3v) is 9.63. The molecule has 0 saturated heterocycles. The molecule has 1 N–H and O–H groups in total. The molecule has 1 aromatic heterocycles. The molecule has 6 aromatic carbocycles. The monoisotopic (exact) mass is 1160 g/mol. The molecule has 0 fully saturated rings. The van der Waals surface area contributed by atoms with E-state index in [0.717, 1.165) is 58.3 Å². The molecule has 0 aliphatic heterocycles. The van der Waals surface area contributed by atoms with Crippen LogP contribution < -0.4 is 0 Å². The summed E-state index contributed by atoms with van der Waals surface area (Å²) in [7, 11) is 0. The van der Waals surface area contributed by atoms with Crippen molar-refractivity contribution in [1.82, 2.24) is 5.16 Å². The SMILES string of the molecule is C#Cc1ccccc1.O/N=C/c1ccc([123I])cc1.O=Cc1ccc([123I])cc1.[123I]c1ccc(-c2cc(-c3ccccc3)on2)cc1.[O-][N+]#Cc1ccc([123I])cc1. The Labute approximate surface area is 375 Å². The highest BCUT2D eigenvalue weighted by atomic mass is 123. The molecule has 0 aliphatic rings. The Hall–Kier alpha value is -4.56. The minimum Gasteiger partial charge on any atom is -0.498 e. The van der Waals surface area contributed by atoms with Crippen LogP contribution in [0.2, 0.25) is 0 Å². The van der Waals surface area contributed by atoms with Crippen molar-refractivity contribution >= 4 is 103 Å². The van der Waals surface area contributed by atoms with Crippen LogP contribution in [0.3, 0.4) is 0 Å². The van der Waals surface area contributed by atoms with E-state index in [1.807, 2.05) is 115 Å². The van der Waals surface area contributed by atoms with Crippen molar-refractivity contribution < 1.29 is 14.5 Å². The van der Waals surface area contributed by atoms with Crippen LogP contribution in [0.25, 0.3) is 27.6 Å². The van der Waals surface area contributed by atoms with Gasteiger partial charge >= 0.3 is 6.07 Å². The summed E-state index contributed by atoms with van der Waals surface area (Å²) in [5, 5.41) is 27.4. The lowest BCUT2D eigenvalue weighted by Gasteiger charge is -1.94. The number of rotatable bonds is 4. The maximum atomic E-state index is 10.1. The molecule has 7 aromatic rings. The Morgan fingerprint density at radius 3 is 1.56 bits per heavy atom. The molecule has 0 amide bonds. The number of aldehydes is 1. The molecular formula is C44H31I4N3O4. The van der Waals surface area contributed by atoms with E-state index >= 15 is 0 Å². The zero-order valence-electron chi connectivity index (χ0n) is 28.8. The first-order valence-corrected chi connectivity index (χ1v) is 20.3. The van der Waals surface area contributed by atoms with E-state index in [1.165, 1.54) is 13.4 Å². The van der Waals surface area contributed by atoms with Gasteiger partial charge in [0.15, 0.2) is 5.76 Å². The van der Waals surface area contributed by atoms with Gasteiger partial charge < -0.3 is 14.9 Å². The van der Waals surface area contributed by atoms with Crippen molar-refractivity contribution in [2.75, 3.05) is 0 Å². The van der Waals surface area contributed by atoms with Gasteiger partial charge in [-0.3, -0.25) is 4.79 Å². The third kappa shape index (κ3) is 18.1. The lowest BCUT2D eigenvalue weighted by molar-refractivity contribution is 0.112. The van der Waals surface area contributed by atoms with Crippen molar-refractivity contribution in [3.05, 3.63) is 211 Å². The fourth-order valence-electron chi connectivity index (χ4n) is 4.04. The first-order chi connectivity index (χ1) is 26.7. The summed E-state index contributed by atoms with van der Waals surface area (Å²) in [6.07, 6.45) is 7.34. The molecule has 0 radical (unpaired) electrons. The largest absolute Gasteiger partial charge is 0.498 e. The molecule has 0 aliphatic carbocycles. The number of aromatic nitrogens is 1. The quantitative estimate of drug-likeness (QED) is 0.0472. The first kappa shape index (κ1) is 44.8. The van der Waals surface area contributed by atoms with E-state index < -0.39 is 0 Å². The molecule has 1 heterocycles. The molecule has 7 rings (SSSR count). The highest BCUT2D eigenvalue weighted by Gasteiger charge is 2.07. The number of hydrogen-bond donors (Lipinski definition) is 1. The number of benzene rings is 6. The van der Waals surface area contributed by atoms with Gasteiger partial charge in [-0.05, 0) is 169 Å². The van der Waals surface area contributed by atoms with Crippen LogP contribution >= 0.6 is 90.4 Å². The Balaban J connectivity index is 0.000000192. The van der Waals surface area contributed by atoms with Crippen LogP contribution in [-0.2, 0) is 0 Å². The van der Waals surface area contributed by atoms with Crippen LogP contribution in [0.1, 0.15) is 27.0 Å². The lowest BCUT2D eigenvalue weighted by atomic mass is 10.1. The second-order valence-corrected chi connectivity index (χ2v) is 15.6. The lowest BCUT2D eigenvalue weighted by Crippen LogP contribution is -1.79. The highest BCUT2D eigenvalue weighted by Crippen LogP contribution is 2.26. The maximum Gasteiger partial charge on any atom is 0.336 e. The van der Waals surface area contributed by atoms with Crippen LogP contribution in [0, 0.1) is 37.9 Å². The van der Waals surface area contributed by atoms with E-state index in [2.05, 4.69) is 142 Å². The second-order valence-electron chi connectivity index (χ2n) is 10.6. The molecule has 11 heteroatoms. The third-order valence-electron chi connectivity index (χ3n) is 6.75. The Bertz CT molecular complexity index is 2280. The first-order valence-electron chi connectivity index (χ1n) is 16.0. The molecule has 0 unspecified atom stereocenters. The van der Waals surface area contributed by atoms with Gasteiger partial charge in [0.2, 0.25) is 0 Å². The number of carbonyl (C=O) groups is 1. The van der Waals surface area contributed by atoms with Gasteiger partial charge in [0, 0.05) is 47.6 Å². The molecule has 0 atom stereocenters. The summed E-state index contributed by atoms with van der Waals surface area (Å²) in [6.45, 7) is 0. The van der Waals surface area contributed by atoms with E-state index in [-0.39, 0.29) is 0 Å². The minimum absolute atomic E-state index is 0.718. The summed E-state index contributed by atoms with van der Waals surface area (Å²) in [5.74, 6) is 3.32. The topological polar surface area (TPSA) is 103 Å². The van der Waals surface area contributed by atoms with E-state index in [9.17, 15) is 10.0 Å². The highest BCUT2D eigenvalue weighted by molar-refractivity contribution is 14.1. The number of terminal acetylenes is 1. The number of oxime groups is 1. The summed E-state index contributed by atoms with van der Waals surface area (Å²) in [5.41, 5.74) is 6.27. The van der Waals surface area contributed by atoms with Crippen molar-refractivity contribution in [2.24, 2.45) is 5.16 Å². The zero-order chi connectivity index (χ0) is 39.7. The average molecular weight is 1160 g/mol. The van der Waals surface area contributed by atoms with Crippen molar-refractivity contribution in [3.8, 4) is 41.0 Å². The van der Waals surface area contributed by atoms with Gasteiger partial charge in [0.1, 0.15) is 17.5 Å². The minimum atomic E-state index is 0.718. The van der Waals surface area contributed by atoms with Gasteiger partial charge in [0.25, 0.3) is 0 Å². The van der Waals surface area contributed by atoms with Gasteiger partial charge in [-0.25, -0.2) is 0 Å². The van der Waals surface area contributed by atoms with Crippen LogP contribution in [0.5, 0.6) is 0 Å². The standard InChI is InChI=1S/C15H10INO.C8H6.C7H6INO.C7H4INO.C7H5IO/c16-13-8-6-11(7-9-13)14-10-15(18-17-14)12-4-2-1-3-5-12;1-2-8-6-4-3-5-7-8;2*8-7-3-1-6(2-4-7)5-9-10;8-7-3-1-6(5-9)2-4-7/h1-10H;1,3-7H;1-5,10H;1-4H;1-5H/b;;9-5+;;/i16-4;;3*8-4. The fourth-order valence-corrected chi connectivity index (χ4v) is 5.48. The maximum absolute atomic E-state index is 10.1. The van der Waals surface area contributed by atoms with E-state index in [4.69, 9.17) is 16.2 Å². The summed E-state index contributed by atoms with van der Waals surface area (Å²) in [6, 6.07) is 54.6. The molecule has 0 spiro atoms. The number of nitrogens with zero attached hydrogens (tertiary/aromatic N) is 3. The molecule has 55 heavy (non-hydrogen) atoms. The van der Waals surface area contributed by atoms with Gasteiger partial charge in [-0.1, -0.05) is 101 Å². The number of halogens is 4. The zero-order valence-corrected chi connectivity index (χ0v) is 37.5. The van der Waals surface area contributed by atoms with Gasteiger partial charge in [0.05, 0.1) is 6.21 Å². The summed E-state index contributed by atoms with van der Waals surface area (Å²) >= 11 is 8.89. The smallest absolute Gasteiger partial charge is 0.336 e. The normalized spacial score (nSPS) is 9.44. The molecule has 0 saturated carbocycles. The Morgan fingerprint density at radius 1 is 0.636 bits per heavy atom. The molecule has 0 bridgehead atoms. The van der Waals surface area contributed by atoms with Crippen LogP contribution in [-0.4, -0.2) is 22.9 Å². The average Bonchev–Trinajstić information content (AvgIpc) is 3.73. The van der Waals surface area contributed by atoms with Gasteiger partial charge in [-0.15, -0.1) is 6.42 Å². The number of carbonyl (C=O) groups excluding carboxylic acids is 1. The van der Waals surface area contributed by atoms with Crippen molar-refractivity contribution in [1.29, 1.82) is 0 Å². The van der Waals surface area contributed by atoms with Crippen molar-refractivity contribution in [2.45, 2.75) is 0 Å². The predicted molar refractivity (Wildman–Crippen MR) is 256 cm³/mol. The van der Waals surface area contributed by atoms with Crippen molar-refractivity contribution in [3.63, 3.8) is 0 Å². The van der Waals surface area contributed by atoms with Crippen LogP contribution in [0.4, 0.5) is 0 Å². The Kier molecular flexibility index (Phi) is 21.4. The Morgan fingerprint density at radius 2 is 1.11 bits per heavy atom. The summed E-state index contributed by atoms with van der Waals surface area (Å²) < 4.78 is 10.1. The summed E-state index contributed by atoms with van der Waals surface area (Å²) in [4.78, 5) is 10.1. The van der Waals surface area contributed by atoms with E-state index in [0.29, 0.717) is 0 Å². The molecule has 274 valence electrons. The van der Waals surface area contributed by atoms with Crippen LogP contribution in [0.15, 0.2) is 173 Å². The number of hydrogen-bond acceptors (Lipinski definition) is 6. The molecular weight excluding hydrogens is 1130 g/mol. The fraction of sp³-hybridized carbons (Fsp3) is 0.